The van der Waals surface area contributed by atoms with Gasteiger partial charge in [-0.1, -0.05) is 133 Å². The van der Waals surface area contributed by atoms with E-state index in [1.165, 1.54) is 66.3 Å². The van der Waals surface area contributed by atoms with Crippen LogP contribution in [0.2, 0.25) is 0 Å². The number of para-hydroxylation sites is 3. The fourth-order valence-corrected chi connectivity index (χ4v) is 10.4. The van der Waals surface area contributed by atoms with Gasteiger partial charge in [-0.2, -0.15) is 0 Å². The number of aromatic nitrogens is 3. The molecule has 0 aliphatic heterocycles. The molecule has 62 heavy (non-hydrogen) atoms. The quantitative estimate of drug-likeness (QED) is 0.168. The van der Waals surface area contributed by atoms with E-state index in [1.54, 1.807) is 0 Å². The van der Waals surface area contributed by atoms with Gasteiger partial charge in [-0.25, -0.2) is 0 Å². The molecule has 13 rings (SSSR count). The molecule has 0 atom stereocenters. The van der Waals surface area contributed by atoms with Gasteiger partial charge in [0.05, 0.1) is 16.4 Å². The summed E-state index contributed by atoms with van der Waals surface area (Å²) in [5.41, 5.74) is 18.2. The van der Waals surface area contributed by atoms with Crippen LogP contribution in [-0.2, 0) is 5.41 Å². The summed E-state index contributed by atoms with van der Waals surface area (Å²) in [5, 5.41) is 11.3. The van der Waals surface area contributed by atoms with E-state index in [2.05, 4.69) is 208 Å². The van der Waals surface area contributed by atoms with E-state index in [0.717, 1.165) is 33.9 Å². The van der Waals surface area contributed by atoms with Crippen LogP contribution in [0.25, 0.3) is 72.7 Å². The van der Waals surface area contributed by atoms with E-state index in [0.29, 0.717) is 11.8 Å². The van der Waals surface area contributed by atoms with Crippen molar-refractivity contribution < 1.29 is 4.42 Å². The molecular weight excluding hydrogens is 757 g/mol. The van der Waals surface area contributed by atoms with Crippen LogP contribution in [0.15, 0.2) is 223 Å². The SMILES string of the molecule is c1ccc(-c2nnc(-c3ccc(N(c4ccccc4)c4ccc5c(c4)C4(c6ccccc6-c6ccccc64)c4cc(-n6c7ccccc7c7ccccc76)ccc4-5)cc3)o2)cc1. The van der Waals surface area contributed by atoms with Gasteiger partial charge in [0, 0.05) is 44.6 Å². The van der Waals surface area contributed by atoms with Crippen molar-refractivity contribution in [1.29, 1.82) is 0 Å². The standard InChI is InChI=1S/C57H36N4O/c1-3-15-37(16-4-1)55-58-59-56(62-55)38-27-29-40(30-28-38)60(39-17-5-2-6-18-39)41-31-33-45-46-34-32-42(61-53-25-13-9-21-47(53)48-22-10-14-26-54(48)61)36-52(46)57(51(45)35-41)49-23-11-7-19-43(49)44-20-8-12-24-50(44)57/h1-36H. The van der Waals surface area contributed by atoms with Crippen LogP contribution in [0, 0.1) is 0 Å². The summed E-state index contributed by atoms with van der Waals surface area (Å²) in [6.45, 7) is 0. The molecule has 0 bridgehead atoms. The fraction of sp³-hybridized carbons (Fsp3) is 0.0175. The van der Waals surface area contributed by atoms with Crippen LogP contribution >= 0.6 is 0 Å². The van der Waals surface area contributed by atoms with E-state index < -0.39 is 5.41 Å². The first-order valence-electron chi connectivity index (χ1n) is 21.1. The molecule has 9 aromatic carbocycles. The van der Waals surface area contributed by atoms with E-state index in [-0.39, 0.29) is 0 Å². The van der Waals surface area contributed by atoms with Crippen LogP contribution in [0.4, 0.5) is 17.1 Å². The van der Waals surface area contributed by atoms with Crippen molar-refractivity contribution in [2.75, 3.05) is 4.90 Å². The Bertz CT molecular complexity index is 3430. The molecule has 0 unspecified atom stereocenters. The maximum Gasteiger partial charge on any atom is 0.248 e. The molecule has 0 amide bonds. The molecule has 0 N–H and O–H groups in total. The summed E-state index contributed by atoms with van der Waals surface area (Å²) in [4.78, 5) is 2.35. The van der Waals surface area contributed by atoms with Gasteiger partial charge in [0.15, 0.2) is 0 Å². The average molecular weight is 793 g/mol. The number of nitrogens with zero attached hydrogens (tertiary/aromatic N) is 4. The van der Waals surface area contributed by atoms with Crippen LogP contribution in [0.5, 0.6) is 0 Å². The molecule has 11 aromatic rings. The molecule has 0 fully saturated rings. The Hall–Kier alpha value is -8.28. The normalized spacial score (nSPS) is 13.0. The van der Waals surface area contributed by atoms with Gasteiger partial charge < -0.3 is 13.9 Å². The second-order valence-corrected chi connectivity index (χ2v) is 16.2. The smallest absolute Gasteiger partial charge is 0.248 e. The Balaban J connectivity index is 1.01. The van der Waals surface area contributed by atoms with Crippen molar-refractivity contribution in [2.45, 2.75) is 5.41 Å². The van der Waals surface area contributed by atoms with Crippen LogP contribution in [0.1, 0.15) is 22.3 Å². The first kappa shape index (κ1) is 34.6. The highest BCUT2D eigenvalue weighted by atomic mass is 16.4. The Morgan fingerprint density at radius 2 is 0.839 bits per heavy atom. The van der Waals surface area contributed by atoms with Crippen molar-refractivity contribution in [3.8, 4) is 50.8 Å². The molecule has 2 aliphatic rings. The Labute approximate surface area is 358 Å². The molecule has 2 aromatic heterocycles. The zero-order chi connectivity index (χ0) is 40.8. The minimum absolute atomic E-state index is 0.484. The molecule has 1 spiro atoms. The lowest BCUT2D eigenvalue weighted by Gasteiger charge is -2.32. The summed E-state index contributed by atoms with van der Waals surface area (Å²) in [6, 6.07) is 78.7. The highest BCUT2D eigenvalue weighted by Gasteiger charge is 2.52. The van der Waals surface area contributed by atoms with E-state index >= 15 is 0 Å². The van der Waals surface area contributed by atoms with Crippen LogP contribution in [-0.4, -0.2) is 14.8 Å². The summed E-state index contributed by atoms with van der Waals surface area (Å²) in [7, 11) is 0. The number of fused-ring (bicyclic) bond motifs is 13. The maximum absolute atomic E-state index is 6.15. The molecule has 0 saturated heterocycles. The van der Waals surface area contributed by atoms with Gasteiger partial charge in [0.25, 0.3) is 0 Å². The summed E-state index contributed by atoms with van der Waals surface area (Å²) < 4.78 is 8.60. The third-order valence-electron chi connectivity index (χ3n) is 13.0. The van der Waals surface area contributed by atoms with Crippen molar-refractivity contribution in [2.24, 2.45) is 0 Å². The van der Waals surface area contributed by atoms with Gasteiger partial charge >= 0.3 is 0 Å². The first-order chi connectivity index (χ1) is 30.8. The van der Waals surface area contributed by atoms with Crippen LogP contribution < -0.4 is 4.90 Å². The second kappa shape index (κ2) is 13.4. The van der Waals surface area contributed by atoms with Gasteiger partial charge in [-0.15, -0.1) is 10.2 Å². The molecule has 0 radical (unpaired) electrons. The van der Waals surface area contributed by atoms with Crippen molar-refractivity contribution in [3.05, 3.63) is 241 Å². The second-order valence-electron chi connectivity index (χ2n) is 16.2. The van der Waals surface area contributed by atoms with Crippen molar-refractivity contribution in [3.63, 3.8) is 0 Å². The highest BCUT2D eigenvalue weighted by molar-refractivity contribution is 6.09. The zero-order valence-corrected chi connectivity index (χ0v) is 33.5. The summed E-state index contributed by atoms with van der Waals surface area (Å²) in [5.74, 6) is 0.985. The summed E-state index contributed by atoms with van der Waals surface area (Å²) in [6.07, 6.45) is 0. The van der Waals surface area contributed by atoms with E-state index in [9.17, 15) is 0 Å². The summed E-state index contributed by atoms with van der Waals surface area (Å²) >= 11 is 0. The lowest BCUT2D eigenvalue weighted by Crippen LogP contribution is -2.26. The average Bonchev–Trinajstić information content (AvgIpc) is 4.11. The monoisotopic (exact) mass is 792 g/mol. The molecule has 290 valence electrons. The lowest BCUT2D eigenvalue weighted by molar-refractivity contribution is 0.584. The molecule has 5 heteroatoms. The molecule has 2 aliphatic carbocycles. The number of hydrogen-bond acceptors (Lipinski definition) is 4. The number of benzene rings is 9. The number of anilines is 3. The third-order valence-corrected chi connectivity index (χ3v) is 13.0. The first-order valence-corrected chi connectivity index (χ1v) is 21.1. The third kappa shape index (κ3) is 4.90. The van der Waals surface area contributed by atoms with Gasteiger partial charge in [-0.05, 0) is 129 Å². The van der Waals surface area contributed by atoms with Crippen molar-refractivity contribution in [1.82, 2.24) is 14.8 Å². The van der Waals surface area contributed by atoms with Gasteiger partial charge in [0.2, 0.25) is 11.8 Å². The maximum atomic E-state index is 6.15. The van der Waals surface area contributed by atoms with Gasteiger partial charge in [-0.3, -0.25) is 0 Å². The number of rotatable bonds is 6. The zero-order valence-electron chi connectivity index (χ0n) is 33.5. The van der Waals surface area contributed by atoms with Crippen LogP contribution in [0.3, 0.4) is 0 Å². The minimum atomic E-state index is -0.552. The Morgan fingerprint density at radius 3 is 1.48 bits per heavy atom. The van der Waals surface area contributed by atoms with E-state index in [4.69, 9.17) is 4.42 Å². The number of hydrogen-bond donors (Lipinski definition) is 0. The van der Waals surface area contributed by atoms with E-state index in [1.807, 2.05) is 30.3 Å². The topological polar surface area (TPSA) is 47.1 Å². The predicted molar refractivity (Wildman–Crippen MR) is 250 cm³/mol. The lowest BCUT2D eigenvalue weighted by atomic mass is 9.70. The highest BCUT2D eigenvalue weighted by Crippen LogP contribution is 2.63. The molecule has 2 heterocycles. The predicted octanol–water partition coefficient (Wildman–Crippen LogP) is 14.3. The largest absolute Gasteiger partial charge is 0.416 e. The minimum Gasteiger partial charge on any atom is -0.416 e. The van der Waals surface area contributed by atoms with Gasteiger partial charge in [0.1, 0.15) is 0 Å². The van der Waals surface area contributed by atoms with Crippen molar-refractivity contribution >= 4 is 38.9 Å². The Morgan fingerprint density at radius 1 is 0.371 bits per heavy atom. The fourth-order valence-electron chi connectivity index (χ4n) is 10.4. The molecule has 0 saturated carbocycles. The molecular formula is C57H36N4O. The Kier molecular flexibility index (Phi) is 7.45. The molecule has 5 nitrogen and oxygen atoms in total.